The molecule has 2 amide bonds. The molecule has 2 rings (SSSR count). The zero-order chi connectivity index (χ0) is 19.6. The molecule has 0 radical (unpaired) electrons. The Morgan fingerprint density at radius 3 is 2.37 bits per heavy atom. The van der Waals surface area contributed by atoms with Crippen LogP contribution in [0.3, 0.4) is 0 Å². The van der Waals surface area contributed by atoms with E-state index >= 15 is 0 Å². The van der Waals surface area contributed by atoms with Crippen molar-refractivity contribution in [2.75, 3.05) is 31.5 Å². The molecule has 1 aliphatic rings. The number of anilines is 1. The van der Waals surface area contributed by atoms with Crippen molar-refractivity contribution in [3.8, 4) is 0 Å². The maximum atomic E-state index is 12.1. The number of guanidine groups is 1. The normalized spacial score (nSPS) is 14.4. The molecule has 7 heteroatoms. The predicted molar refractivity (Wildman–Crippen MR) is 109 cm³/mol. The standard InChI is InChI=1S/C20H31N5O2/c1-4-21-20(23-14-18(26)25-11-5-6-12-25)22-13-16-7-9-17(10-8-16)24-19(27)15(2)3/h7-10,15H,4-6,11-14H2,1-3H3,(H,24,27)(H2,21,22,23). The van der Waals surface area contributed by atoms with Gasteiger partial charge >= 0.3 is 0 Å². The summed E-state index contributed by atoms with van der Waals surface area (Å²) in [5.41, 5.74) is 1.81. The number of hydrogen-bond acceptors (Lipinski definition) is 3. The Hall–Kier alpha value is -2.57. The van der Waals surface area contributed by atoms with Gasteiger partial charge in [0.25, 0.3) is 0 Å². The Bertz CT molecular complexity index is 649. The molecule has 1 aliphatic heterocycles. The first-order chi connectivity index (χ1) is 13.0. The first-order valence-corrected chi connectivity index (χ1v) is 9.69. The van der Waals surface area contributed by atoms with E-state index in [1.165, 1.54) is 0 Å². The van der Waals surface area contributed by atoms with Crippen LogP contribution in [0.5, 0.6) is 0 Å². The SMILES string of the molecule is CCNC(=NCc1ccc(NC(=O)C(C)C)cc1)NCC(=O)N1CCCC1. The number of hydrogen-bond donors (Lipinski definition) is 3. The Balaban J connectivity index is 1.87. The molecule has 1 heterocycles. The zero-order valence-corrected chi connectivity index (χ0v) is 16.5. The quantitative estimate of drug-likeness (QED) is 0.504. The van der Waals surface area contributed by atoms with Crippen LogP contribution in [0.15, 0.2) is 29.3 Å². The topological polar surface area (TPSA) is 85.8 Å². The third-order valence-electron chi connectivity index (χ3n) is 4.38. The zero-order valence-electron chi connectivity index (χ0n) is 16.5. The molecule has 1 aromatic rings. The second-order valence-electron chi connectivity index (χ2n) is 6.98. The highest BCUT2D eigenvalue weighted by Crippen LogP contribution is 2.12. The molecule has 0 aromatic heterocycles. The lowest BCUT2D eigenvalue weighted by Gasteiger charge is -2.17. The average Bonchev–Trinajstić information content (AvgIpc) is 3.19. The summed E-state index contributed by atoms with van der Waals surface area (Å²) in [4.78, 5) is 30.3. The Morgan fingerprint density at radius 1 is 1.11 bits per heavy atom. The molecular formula is C20H31N5O2. The first kappa shape index (κ1) is 20.7. The van der Waals surface area contributed by atoms with Crippen LogP contribution >= 0.6 is 0 Å². The van der Waals surface area contributed by atoms with E-state index < -0.39 is 0 Å². The Morgan fingerprint density at radius 2 is 1.78 bits per heavy atom. The highest BCUT2D eigenvalue weighted by atomic mass is 16.2. The molecule has 1 saturated heterocycles. The molecule has 0 unspecified atom stereocenters. The lowest BCUT2D eigenvalue weighted by molar-refractivity contribution is -0.128. The summed E-state index contributed by atoms with van der Waals surface area (Å²) in [5.74, 6) is 0.693. The molecule has 1 aromatic carbocycles. The summed E-state index contributed by atoms with van der Waals surface area (Å²) >= 11 is 0. The predicted octanol–water partition coefficient (Wildman–Crippen LogP) is 1.96. The summed E-state index contributed by atoms with van der Waals surface area (Å²) in [6.45, 7) is 8.90. The van der Waals surface area contributed by atoms with Crippen molar-refractivity contribution >= 4 is 23.5 Å². The van der Waals surface area contributed by atoms with Gasteiger partial charge in [-0.25, -0.2) is 4.99 Å². The Kier molecular flexibility index (Phi) is 8.10. The van der Waals surface area contributed by atoms with Gasteiger partial charge in [-0.15, -0.1) is 0 Å². The van der Waals surface area contributed by atoms with Gasteiger partial charge in [0.15, 0.2) is 5.96 Å². The van der Waals surface area contributed by atoms with Crippen molar-refractivity contribution in [1.82, 2.24) is 15.5 Å². The second-order valence-corrected chi connectivity index (χ2v) is 6.98. The second kappa shape index (κ2) is 10.5. The molecule has 0 spiro atoms. The van der Waals surface area contributed by atoms with E-state index in [4.69, 9.17) is 0 Å². The van der Waals surface area contributed by atoms with Crippen molar-refractivity contribution in [3.63, 3.8) is 0 Å². The molecule has 27 heavy (non-hydrogen) atoms. The Labute approximate surface area is 161 Å². The van der Waals surface area contributed by atoms with E-state index in [1.54, 1.807) is 0 Å². The van der Waals surface area contributed by atoms with Crippen LogP contribution in [-0.4, -0.2) is 48.9 Å². The minimum atomic E-state index is -0.0497. The van der Waals surface area contributed by atoms with Crippen molar-refractivity contribution < 1.29 is 9.59 Å². The average molecular weight is 374 g/mol. The molecule has 1 fully saturated rings. The molecule has 0 bridgehead atoms. The fourth-order valence-corrected chi connectivity index (χ4v) is 2.73. The number of amides is 2. The van der Waals surface area contributed by atoms with Crippen LogP contribution in [0, 0.1) is 5.92 Å². The number of aliphatic imine (C=N–C) groups is 1. The van der Waals surface area contributed by atoms with E-state index in [1.807, 2.05) is 49.9 Å². The molecule has 0 aliphatic carbocycles. The van der Waals surface area contributed by atoms with Crippen LogP contribution in [-0.2, 0) is 16.1 Å². The fourth-order valence-electron chi connectivity index (χ4n) is 2.73. The number of rotatable bonds is 7. The van der Waals surface area contributed by atoms with E-state index in [0.29, 0.717) is 12.5 Å². The number of carbonyl (C=O) groups is 2. The van der Waals surface area contributed by atoms with Crippen molar-refractivity contribution in [2.24, 2.45) is 10.9 Å². The molecule has 3 N–H and O–H groups in total. The van der Waals surface area contributed by atoms with Gasteiger partial charge in [-0.05, 0) is 37.5 Å². The molecular weight excluding hydrogens is 342 g/mol. The lowest BCUT2D eigenvalue weighted by atomic mass is 10.2. The van der Waals surface area contributed by atoms with Gasteiger partial charge in [0.05, 0.1) is 13.1 Å². The minimum Gasteiger partial charge on any atom is -0.357 e. The molecule has 0 atom stereocenters. The van der Waals surface area contributed by atoms with Crippen molar-refractivity contribution in [3.05, 3.63) is 29.8 Å². The highest BCUT2D eigenvalue weighted by molar-refractivity contribution is 5.92. The number of benzene rings is 1. The molecule has 7 nitrogen and oxygen atoms in total. The van der Waals surface area contributed by atoms with Crippen LogP contribution < -0.4 is 16.0 Å². The van der Waals surface area contributed by atoms with Crippen LogP contribution in [0.2, 0.25) is 0 Å². The van der Waals surface area contributed by atoms with Crippen molar-refractivity contribution in [2.45, 2.75) is 40.2 Å². The third-order valence-corrected chi connectivity index (χ3v) is 4.38. The van der Waals surface area contributed by atoms with Gasteiger partial charge in [-0.1, -0.05) is 26.0 Å². The lowest BCUT2D eigenvalue weighted by Crippen LogP contribution is -2.44. The van der Waals surface area contributed by atoms with Crippen LogP contribution in [0.4, 0.5) is 5.69 Å². The smallest absolute Gasteiger partial charge is 0.241 e. The van der Waals surface area contributed by atoms with Gasteiger partial charge < -0.3 is 20.9 Å². The van der Waals surface area contributed by atoms with E-state index in [0.717, 1.165) is 43.7 Å². The maximum absolute atomic E-state index is 12.1. The molecule has 0 saturated carbocycles. The summed E-state index contributed by atoms with van der Waals surface area (Å²) in [7, 11) is 0. The van der Waals surface area contributed by atoms with Gasteiger partial charge in [-0.2, -0.15) is 0 Å². The van der Waals surface area contributed by atoms with Crippen LogP contribution in [0.1, 0.15) is 39.2 Å². The van der Waals surface area contributed by atoms with E-state index in [2.05, 4.69) is 20.9 Å². The number of nitrogens with zero attached hydrogens (tertiary/aromatic N) is 2. The van der Waals surface area contributed by atoms with Gasteiger partial charge in [0.1, 0.15) is 0 Å². The first-order valence-electron chi connectivity index (χ1n) is 9.69. The van der Waals surface area contributed by atoms with E-state index in [-0.39, 0.29) is 24.3 Å². The number of likely N-dealkylation sites (tertiary alicyclic amines) is 1. The van der Waals surface area contributed by atoms with Crippen molar-refractivity contribution in [1.29, 1.82) is 0 Å². The van der Waals surface area contributed by atoms with Crippen LogP contribution in [0.25, 0.3) is 0 Å². The fraction of sp³-hybridized carbons (Fsp3) is 0.550. The highest BCUT2D eigenvalue weighted by Gasteiger charge is 2.17. The largest absolute Gasteiger partial charge is 0.357 e. The number of nitrogens with one attached hydrogen (secondary N) is 3. The maximum Gasteiger partial charge on any atom is 0.241 e. The summed E-state index contributed by atoms with van der Waals surface area (Å²) in [6, 6.07) is 7.64. The van der Waals surface area contributed by atoms with Gasteiger partial charge in [-0.3, -0.25) is 9.59 Å². The minimum absolute atomic E-state index is 0.00192. The van der Waals surface area contributed by atoms with E-state index in [9.17, 15) is 9.59 Å². The molecule has 148 valence electrons. The summed E-state index contributed by atoms with van der Waals surface area (Å²) < 4.78 is 0. The summed E-state index contributed by atoms with van der Waals surface area (Å²) in [5, 5.41) is 9.14. The third kappa shape index (κ3) is 6.92. The monoisotopic (exact) mass is 373 g/mol. The van der Waals surface area contributed by atoms with Gasteiger partial charge in [0.2, 0.25) is 11.8 Å². The number of carbonyl (C=O) groups excluding carboxylic acids is 2. The van der Waals surface area contributed by atoms with Gasteiger partial charge in [0, 0.05) is 31.2 Å². The summed E-state index contributed by atoms with van der Waals surface area (Å²) in [6.07, 6.45) is 2.18.